The summed E-state index contributed by atoms with van der Waals surface area (Å²) in [5.74, 6) is 0.251. The molecule has 1 aromatic heterocycles. The molecule has 0 spiro atoms. The third-order valence-corrected chi connectivity index (χ3v) is 4.86. The SMILES string of the molecule is CC(O)C1CCN(C(=O)/C=C/c2cc(Br)cs2)C1. The molecule has 2 rings (SSSR count). The zero-order chi connectivity index (χ0) is 13.1. The molecule has 0 aromatic carbocycles. The first-order valence-electron chi connectivity index (χ1n) is 5.95. The maximum atomic E-state index is 11.9. The summed E-state index contributed by atoms with van der Waals surface area (Å²) in [4.78, 5) is 14.8. The van der Waals surface area contributed by atoms with Crippen LogP contribution in [0.5, 0.6) is 0 Å². The highest BCUT2D eigenvalue weighted by Gasteiger charge is 2.27. The number of hydrogen-bond donors (Lipinski definition) is 1. The van der Waals surface area contributed by atoms with Crippen molar-refractivity contribution in [3.63, 3.8) is 0 Å². The number of thiophene rings is 1. The molecule has 1 aliphatic rings. The summed E-state index contributed by atoms with van der Waals surface area (Å²) < 4.78 is 1.04. The van der Waals surface area contributed by atoms with Crippen LogP contribution in [0, 0.1) is 5.92 Å². The number of carbonyl (C=O) groups excluding carboxylic acids is 1. The van der Waals surface area contributed by atoms with E-state index in [4.69, 9.17) is 0 Å². The van der Waals surface area contributed by atoms with E-state index in [2.05, 4.69) is 15.9 Å². The van der Waals surface area contributed by atoms with Gasteiger partial charge >= 0.3 is 0 Å². The molecule has 1 fully saturated rings. The minimum Gasteiger partial charge on any atom is -0.393 e. The molecule has 1 N–H and O–H groups in total. The number of carbonyl (C=O) groups is 1. The smallest absolute Gasteiger partial charge is 0.246 e. The Morgan fingerprint density at radius 1 is 1.72 bits per heavy atom. The van der Waals surface area contributed by atoms with E-state index in [1.165, 1.54) is 0 Å². The molecule has 3 nitrogen and oxygen atoms in total. The fourth-order valence-electron chi connectivity index (χ4n) is 2.06. The highest BCUT2D eigenvalue weighted by atomic mass is 79.9. The lowest BCUT2D eigenvalue weighted by Gasteiger charge is -2.15. The first kappa shape index (κ1) is 13.8. The van der Waals surface area contributed by atoms with Crippen molar-refractivity contribution in [1.29, 1.82) is 0 Å². The van der Waals surface area contributed by atoms with Gasteiger partial charge in [0.25, 0.3) is 0 Å². The molecule has 18 heavy (non-hydrogen) atoms. The van der Waals surface area contributed by atoms with E-state index in [0.717, 1.165) is 22.3 Å². The van der Waals surface area contributed by atoms with E-state index in [1.807, 2.05) is 17.5 Å². The maximum Gasteiger partial charge on any atom is 0.246 e. The van der Waals surface area contributed by atoms with Gasteiger partial charge in [0, 0.05) is 39.8 Å². The van der Waals surface area contributed by atoms with Crippen LogP contribution in [-0.4, -0.2) is 35.1 Å². The third kappa shape index (κ3) is 3.43. The van der Waals surface area contributed by atoms with Crippen LogP contribution >= 0.6 is 27.3 Å². The molecule has 1 amide bonds. The zero-order valence-corrected chi connectivity index (χ0v) is 12.6. The number of aliphatic hydroxyl groups is 1. The fraction of sp³-hybridized carbons (Fsp3) is 0.462. The molecular formula is C13H16BrNO2S. The first-order valence-corrected chi connectivity index (χ1v) is 7.62. The van der Waals surface area contributed by atoms with E-state index >= 15 is 0 Å². The Kier molecular flexibility index (Phi) is 4.59. The molecule has 1 aliphatic heterocycles. The van der Waals surface area contributed by atoms with Crippen molar-refractivity contribution < 1.29 is 9.90 Å². The monoisotopic (exact) mass is 329 g/mol. The highest BCUT2D eigenvalue weighted by Crippen LogP contribution is 2.22. The Morgan fingerprint density at radius 2 is 2.50 bits per heavy atom. The Bertz CT molecular complexity index is 456. The Labute approximate surface area is 119 Å². The quantitative estimate of drug-likeness (QED) is 0.866. The van der Waals surface area contributed by atoms with E-state index in [-0.39, 0.29) is 17.9 Å². The average Bonchev–Trinajstić information content (AvgIpc) is 2.94. The predicted molar refractivity (Wildman–Crippen MR) is 77.4 cm³/mol. The molecule has 98 valence electrons. The summed E-state index contributed by atoms with van der Waals surface area (Å²) in [6, 6.07) is 1.98. The molecule has 0 aliphatic carbocycles. The summed E-state index contributed by atoms with van der Waals surface area (Å²) in [6.45, 7) is 3.19. The normalized spacial score (nSPS) is 21.7. The summed E-state index contributed by atoms with van der Waals surface area (Å²) >= 11 is 4.98. The minimum absolute atomic E-state index is 0.0303. The molecule has 0 saturated carbocycles. The van der Waals surface area contributed by atoms with Crippen molar-refractivity contribution in [2.45, 2.75) is 19.4 Å². The van der Waals surface area contributed by atoms with Crippen molar-refractivity contribution in [3.8, 4) is 0 Å². The molecule has 0 bridgehead atoms. The summed E-state index contributed by atoms with van der Waals surface area (Å²) in [5.41, 5.74) is 0. The van der Waals surface area contributed by atoms with Crippen molar-refractivity contribution >= 4 is 39.2 Å². The zero-order valence-electron chi connectivity index (χ0n) is 10.2. The first-order chi connectivity index (χ1) is 8.56. The highest BCUT2D eigenvalue weighted by molar-refractivity contribution is 9.10. The minimum atomic E-state index is -0.333. The predicted octanol–water partition coefficient (Wildman–Crippen LogP) is 2.75. The van der Waals surface area contributed by atoms with Crippen molar-refractivity contribution in [2.75, 3.05) is 13.1 Å². The van der Waals surface area contributed by atoms with Crippen LogP contribution in [0.25, 0.3) is 6.08 Å². The van der Waals surface area contributed by atoms with Gasteiger partial charge in [-0.05, 0) is 41.4 Å². The van der Waals surface area contributed by atoms with E-state index < -0.39 is 0 Å². The van der Waals surface area contributed by atoms with Gasteiger partial charge in [0.05, 0.1) is 6.10 Å². The van der Waals surface area contributed by atoms with Gasteiger partial charge < -0.3 is 10.0 Å². The van der Waals surface area contributed by atoms with E-state index in [1.54, 1.807) is 29.2 Å². The molecule has 2 heterocycles. The standard InChI is InChI=1S/C13H16BrNO2S/c1-9(16)10-4-5-15(7-10)13(17)3-2-12-6-11(14)8-18-12/h2-3,6,8-10,16H,4-5,7H2,1H3/b3-2+. The number of hydrogen-bond acceptors (Lipinski definition) is 3. The van der Waals surface area contributed by atoms with Crippen LogP contribution in [0.15, 0.2) is 22.0 Å². The summed E-state index contributed by atoms with van der Waals surface area (Å²) in [7, 11) is 0. The van der Waals surface area contributed by atoms with Crippen molar-refractivity contribution in [3.05, 3.63) is 26.9 Å². The van der Waals surface area contributed by atoms with Gasteiger partial charge in [-0.15, -0.1) is 11.3 Å². The molecule has 1 aromatic rings. The van der Waals surface area contributed by atoms with Crippen molar-refractivity contribution in [1.82, 2.24) is 4.90 Å². The van der Waals surface area contributed by atoms with Crippen LogP contribution in [-0.2, 0) is 4.79 Å². The second kappa shape index (κ2) is 5.99. The average molecular weight is 330 g/mol. The maximum absolute atomic E-state index is 11.9. The lowest BCUT2D eigenvalue weighted by atomic mass is 10.0. The second-order valence-corrected chi connectivity index (χ2v) is 6.43. The number of amides is 1. The fourth-order valence-corrected chi connectivity index (χ4v) is 3.39. The van der Waals surface area contributed by atoms with Crippen LogP contribution in [0.1, 0.15) is 18.2 Å². The number of rotatable bonds is 3. The van der Waals surface area contributed by atoms with Gasteiger partial charge in [0.2, 0.25) is 5.91 Å². The van der Waals surface area contributed by atoms with E-state index in [0.29, 0.717) is 6.54 Å². The summed E-state index contributed by atoms with van der Waals surface area (Å²) in [5, 5.41) is 11.5. The van der Waals surface area contributed by atoms with Crippen LogP contribution < -0.4 is 0 Å². The lowest BCUT2D eigenvalue weighted by Crippen LogP contribution is -2.28. The van der Waals surface area contributed by atoms with Crippen LogP contribution in [0.2, 0.25) is 0 Å². The van der Waals surface area contributed by atoms with Gasteiger partial charge in [-0.3, -0.25) is 4.79 Å². The lowest BCUT2D eigenvalue weighted by molar-refractivity contribution is -0.125. The molecule has 2 unspecified atom stereocenters. The van der Waals surface area contributed by atoms with Gasteiger partial charge in [0.1, 0.15) is 0 Å². The Balaban J connectivity index is 1.91. The van der Waals surface area contributed by atoms with Crippen molar-refractivity contribution in [2.24, 2.45) is 5.92 Å². The van der Waals surface area contributed by atoms with Crippen LogP contribution in [0.3, 0.4) is 0 Å². The van der Waals surface area contributed by atoms with Gasteiger partial charge in [0.15, 0.2) is 0 Å². The third-order valence-electron chi connectivity index (χ3n) is 3.20. The molecule has 1 saturated heterocycles. The topological polar surface area (TPSA) is 40.5 Å². The van der Waals surface area contributed by atoms with Gasteiger partial charge in [-0.2, -0.15) is 0 Å². The molecule has 0 radical (unpaired) electrons. The molecule has 5 heteroatoms. The molecular weight excluding hydrogens is 314 g/mol. The number of halogens is 1. The second-order valence-electron chi connectivity index (χ2n) is 4.57. The number of nitrogens with zero attached hydrogens (tertiary/aromatic N) is 1. The number of aliphatic hydroxyl groups excluding tert-OH is 1. The van der Waals surface area contributed by atoms with Gasteiger partial charge in [-0.25, -0.2) is 0 Å². The molecule has 2 atom stereocenters. The Morgan fingerprint density at radius 3 is 3.06 bits per heavy atom. The van der Waals surface area contributed by atoms with E-state index in [9.17, 15) is 9.90 Å². The largest absolute Gasteiger partial charge is 0.393 e. The Hall–Kier alpha value is -0.650. The van der Waals surface area contributed by atoms with Gasteiger partial charge in [-0.1, -0.05) is 0 Å². The number of likely N-dealkylation sites (tertiary alicyclic amines) is 1. The summed E-state index contributed by atoms with van der Waals surface area (Å²) in [6.07, 6.45) is 4.01. The van der Waals surface area contributed by atoms with Crippen LogP contribution in [0.4, 0.5) is 0 Å².